The Balaban J connectivity index is 2.18. The molecule has 5 nitrogen and oxygen atoms in total. The molecule has 0 unspecified atom stereocenters. The Morgan fingerprint density at radius 3 is 3.12 bits per heavy atom. The molecule has 1 aromatic rings. The highest BCUT2D eigenvalue weighted by atomic mass is 32.1. The second-order valence-electron chi connectivity index (χ2n) is 3.90. The zero-order valence-corrected chi connectivity index (χ0v) is 10.7. The van der Waals surface area contributed by atoms with Crippen molar-refractivity contribution in [2.75, 3.05) is 44.0 Å². The van der Waals surface area contributed by atoms with Gasteiger partial charge in [0.05, 0.1) is 17.3 Å². The smallest absolute Gasteiger partial charge is 0.263 e. The predicted molar refractivity (Wildman–Crippen MR) is 69.8 cm³/mol. The molecule has 1 aliphatic heterocycles. The first-order valence-corrected chi connectivity index (χ1v) is 6.48. The zero-order valence-electron chi connectivity index (χ0n) is 9.86. The second-order valence-corrected chi connectivity index (χ2v) is 4.93. The van der Waals surface area contributed by atoms with Crippen LogP contribution in [-0.2, 0) is 4.74 Å². The number of ether oxygens (including phenoxy) is 1. The van der Waals surface area contributed by atoms with Crippen molar-refractivity contribution in [2.45, 2.75) is 6.42 Å². The number of thiophene rings is 1. The van der Waals surface area contributed by atoms with Crippen LogP contribution in [0.15, 0.2) is 6.07 Å². The van der Waals surface area contributed by atoms with Crippen molar-refractivity contribution in [1.29, 1.82) is 0 Å². The van der Waals surface area contributed by atoms with Gasteiger partial charge in [-0.2, -0.15) is 0 Å². The van der Waals surface area contributed by atoms with Crippen LogP contribution in [0.4, 0.5) is 10.7 Å². The summed E-state index contributed by atoms with van der Waals surface area (Å²) >= 11 is 1.44. The van der Waals surface area contributed by atoms with Gasteiger partial charge in [-0.1, -0.05) is 0 Å². The molecule has 17 heavy (non-hydrogen) atoms. The van der Waals surface area contributed by atoms with Gasteiger partial charge in [-0.05, 0) is 12.5 Å². The molecule has 2 rings (SSSR count). The van der Waals surface area contributed by atoms with Crippen LogP contribution in [-0.4, -0.2) is 39.3 Å². The van der Waals surface area contributed by atoms with E-state index in [2.05, 4.69) is 10.2 Å². The van der Waals surface area contributed by atoms with E-state index in [-0.39, 0.29) is 5.91 Å². The van der Waals surface area contributed by atoms with Gasteiger partial charge < -0.3 is 20.7 Å². The summed E-state index contributed by atoms with van der Waals surface area (Å²) < 4.78 is 5.40. The molecular weight excluding hydrogens is 238 g/mol. The maximum absolute atomic E-state index is 11.6. The van der Waals surface area contributed by atoms with Crippen LogP contribution >= 0.6 is 11.3 Å². The number of hydrogen-bond donors (Lipinski definition) is 2. The molecule has 0 bridgehead atoms. The molecular formula is C11H17N3O2S. The van der Waals surface area contributed by atoms with E-state index >= 15 is 0 Å². The van der Waals surface area contributed by atoms with Crippen molar-refractivity contribution in [2.24, 2.45) is 0 Å². The minimum absolute atomic E-state index is 0.121. The van der Waals surface area contributed by atoms with E-state index in [1.165, 1.54) is 11.3 Å². The molecule has 0 atom stereocenters. The normalized spacial score (nSPS) is 16.6. The zero-order chi connectivity index (χ0) is 12.3. The molecule has 0 radical (unpaired) electrons. The Kier molecular flexibility index (Phi) is 3.86. The average Bonchev–Trinajstić information content (AvgIpc) is 2.57. The summed E-state index contributed by atoms with van der Waals surface area (Å²) in [7, 11) is 1.61. The second kappa shape index (κ2) is 5.37. The maximum atomic E-state index is 11.6. The highest BCUT2D eigenvalue weighted by molar-refractivity contribution is 7.18. The van der Waals surface area contributed by atoms with Crippen LogP contribution in [0.3, 0.4) is 0 Å². The Morgan fingerprint density at radius 1 is 1.53 bits per heavy atom. The van der Waals surface area contributed by atoms with Crippen LogP contribution in [0.2, 0.25) is 0 Å². The van der Waals surface area contributed by atoms with E-state index in [0.29, 0.717) is 10.6 Å². The van der Waals surface area contributed by atoms with Gasteiger partial charge in [0, 0.05) is 26.7 Å². The number of hydrogen-bond acceptors (Lipinski definition) is 5. The van der Waals surface area contributed by atoms with Crippen molar-refractivity contribution >= 4 is 27.9 Å². The Bertz CT molecular complexity index is 397. The third kappa shape index (κ3) is 2.70. The summed E-state index contributed by atoms with van der Waals surface area (Å²) in [6.45, 7) is 3.34. The summed E-state index contributed by atoms with van der Waals surface area (Å²) in [5.41, 5.74) is 6.41. The molecule has 1 aromatic heterocycles. The minimum Gasteiger partial charge on any atom is -0.397 e. The highest BCUT2D eigenvalue weighted by Crippen LogP contribution is 2.32. The van der Waals surface area contributed by atoms with Gasteiger partial charge >= 0.3 is 0 Å². The molecule has 1 saturated heterocycles. The first kappa shape index (κ1) is 12.2. The third-order valence-electron chi connectivity index (χ3n) is 2.72. The maximum Gasteiger partial charge on any atom is 0.263 e. The van der Waals surface area contributed by atoms with Crippen molar-refractivity contribution in [3.8, 4) is 0 Å². The van der Waals surface area contributed by atoms with Gasteiger partial charge in [-0.25, -0.2) is 0 Å². The van der Waals surface area contributed by atoms with E-state index in [0.717, 1.165) is 37.7 Å². The van der Waals surface area contributed by atoms with E-state index in [4.69, 9.17) is 10.5 Å². The summed E-state index contributed by atoms with van der Waals surface area (Å²) in [6.07, 6.45) is 1.01. The fourth-order valence-corrected chi connectivity index (χ4v) is 2.88. The van der Waals surface area contributed by atoms with E-state index in [1.54, 1.807) is 7.05 Å². The number of nitrogen functional groups attached to an aromatic ring is 1. The number of carbonyl (C=O) groups is 1. The van der Waals surface area contributed by atoms with Gasteiger partial charge in [0.1, 0.15) is 4.88 Å². The number of carbonyl (C=O) groups excluding carboxylic acids is 1. The van der Waals surface area contributed by atoms with E-state index in [1.807, 2.05) is 6.07 Å². The molecule has 94 valence electrons. The summed E-state index contributed by atoms with van der Waals surface area (Å²) in [5.74, 6) is -0.121. The fourth-order valence-electron chi connectivity index (χ4n) is 1.80. The monoisotopic (exact) mass is 255 g/mol. The topological polar surface area (TPSA) is 67.6 Å². The van der Waals surface area contributed by atoms with Gasteiger partial charge in [0.15, 0.2) is 0 Å². The predicted octanol–water partition coefficient (Wildman–Crippen LogP) is 0.917. The first-order chi connectivity index (χ1) is 8.22. The number of nitrogens with one attached hydrogen (secondary N) is 1. The van der Waals surface area contributed by atoms with Crippen molar-refractivity contribution in [3.63, 3.8) is 0 Å². The molecule has 0 spiro atoms. The quantitative estimate of drug-likeness (QED) is 0.824. The van der Waals surface area contributed by atoms with Gasteiger partial charge in [-0.3, -0.25) is 4.79 Å². The molecule has 1 fully saturated rings. The molecule has 3 N–H and O–H groups in total. The third-order valence-corrected chi connectivity index (χ3v) is 3.93. The van der Waals surface area contributed by atoms with Crippen molar-refractivity contribution in [1.82, 2.24) is 5.32 Å². The minimum atomic E-state index is -0.121. The molecule has 0 saturated carbocycles. The van der Waals surface area contributed by atoms with Crippen LogP contribution in [0.5, 0.6) is 0 Å². The number of nitrogens with two attached hydrogens (primary N) is 1. The van der Waals surface area contributed by atoms with Crippen LogP contribution in [0, 0.1) is 0 Å². The van der Waals surface area contributed by atoms with Crippen molar-refractivity contribution in [3.05, 3.63) is 10.9 Å². The Morgan fingerprint density at radius 2 is 2.35 bits per heavy atom. The Labute approximate surface area is 105 Å². The van der Waals surface area contributed by atoms with Gasteiger partial charge in [-0.15, -0.1) is 11.3 Å². The fraction of sp³-hybridized carbons (Fsp3) is 0.545. The lowest BCUT2D eigenvalue weighted by molar-refractivity contribution is 0.0968. The lowest BCUT2D eigenvalue weighted by Gasteiger charge is -2.19. The molecule has 6 heteroatoms. The number of anilines is 2. The summed E-state index contributed by atoms with van der Waals surface area (Å²) in [6, 6.07) is 1.88. The standard InChI is InChI=1S/C11H17N3O2S/c1-13-11(15)10-8(12)7-9(17-10)14-3-2-5-16-6-4-14/h7H,2-6,12H2,1H3,(H,13,15). The van der Waals surface area contributed by atoms with E-state index in [9.17, 15) is 4.79 Å². The molecule has 1 amide bonds. The van der Waals surface area contributed by atoms with Gasteiger partial charge in [0.2, 0.25) is 0 Å². The first-order valence-electron chi connectivity index (χ1n) is 5.66. The lowest BCUT2D eigenvalue weighted by atomic mass is 10.3. The number of nitrogens with zero attached hydrogens (tertiary/aromatic N) is 1. The Hall–Kier alpha value is -1.27. The number of amides is 1. The van der Waals surface area contributed by atoms with E-state index < -0.39 is 0 Å². The van der Waals surface area contributed by atoms with Crippen LogP contribution in [0.25, 0.3) is 0 Å². The van der Waals surface area contributed by atoms with Crippen LogP contribution < -0.4 is 16.0 Å². The molecule has 1 aliphatic rings. The number of rotatable bonds is 2. The molecule has 0 aliphatic carbocycles. The lowest BCUT2D eigenvalue weighted by Crippen LogP contribution is -2.24. The average molecular weight is 255 g/mol. The molecule has 2 heterocycles. The summed E-state index contributed by atoms with van der Waals surface area (Å²) in [5, 5.41) is 3.65. The highest BCUT2D eigenvalue weighted by Gasteiger charge is 2.17. The largest absolute Gasteiger partial charge is 0.397 e. The van der Waals surface area contributed by atoms with Gasteiger partial charge in [0.25, 0.3) is 5.91 Å². The summed E-state index contributed by atoms with van der Waals surface area (Å²) in [4.78, 5) is 14.4. The SMILES string of the molecule is CNC(=O)c1sc(N2CCCOCC2)cc1N. The van der Waals surface area contributed by atoms with Crippen LogP contribution in [0.1, 0.15) is 16.1 Å². The molecule has 0 aromatic carbocycles. The van der Waals surface area contributed by atoms with Crippen molar-refractivity contribution < 1.29 is 9.53 Å².